The Kier molecular flexibility index (Phi) is 2.37. The summed E-state index contributed by atoms with van der Waals surface area (Å²) in [5.74, 6) is -0.0301. The zero-order valence-electron chi connectivity index (χ0n) is 8.74. The van der Waals surface area contributed by atoms with Gasteiger partial charge in [-0.15, -0.1) is 0 Å². The predicted molar refractivity (Wildman–Crippen MR) is 57.9 cm³/mol. The van der Waals surface area contributed by atoms with E-state index < -0.39 is 0 Å². The molecule has 2 aromatic rings. The van der Waals surface area contributed by atoms with Crippen LogP contribution in [0.5, 0.6) is 0 Å². The first-order chi connectivity index (χ1) is 7.20. The van der Waals surface area contributed by atoms with Gasteiger partial charge in [0.2, 0.25) is 5.78 Å². The third-order valence-corrected chi connectivity index (χ3v) is 2.50. The van der Waals surface area contributed by atoms with Crippen LogP contribution in [0.4, 0.5) is 0 Å². The van der Waals surface area contributed by atoms with Crippen molar-refractivity contribution in [3.05, 3.63) is 52.8 Å². The monoisotopic (exact) mass is 200 g/mol. The van der Waals surface area contributed by atoms with Crippen LogP contribution in [0.25, 0.3) is 0 Å². The lowest BCUT2D eigenvalue weighted by Crippen LogP contribution is -2.03. The summed E-state index contributed by atoms with van der Waals surface area (Å²) < 4.78 is 0. The van der Waals surface area contributed by atoms with Gasteiger partial charge in [-0.3, -0.25) is 9.89 Å². The van der Waals surface area contributed by atoms with Gasteiger partial charge in [-0.1, -0.05) is 30.3 Å². The molecule has 0 spiro atoms. The summed E-state index contributed by atoms with van der Waals surface area (Å²) in [5.41, 5.74) is 3.05. The van der Waals surface area contributed by atoms with E-state index >= 15 is 0 Å². The lowest BCUT2D eigenvalue weighted by atomic mass is 10.1. The molecular weight excluding hydrogens is 188 g/mol. The molecule has 0 aliphatic heterocycles. The van der Waals surface area contributed by atoms with Crippen molar-refractivity contribution in [2.24, 2.45) is 0 Å². The molecule has 3 nitrogen and oxygen atoms in total. The van der Waals surface area contributed by atoms with Gasteiger partial charge in [0.15, 0.2) is 0 Å². The molecule has 2 rings (SSSR count). The molecule has 15 heavy (non-hydrogen) atoms. The molecule has 0 bridgehead atoms. The van der Waals surface area contributed by atoms with Gasteiger partial charge in [0, 0.05) is 16.8 Å². The van der Waals surface area contributed by atoms with E-state index in [1.165, 1.54) is 0 Å². The molecule has 1 heterocycles. The van der Waals surface area contributed by atoms with Crippen LogP contribution in [-0.2, 0) is 0 Å². The van der Waals surface area contributed by atoms with Gasteiger partial charge in [0.1, 0.15) is 5.69 Å². The largest absolute Gasteiger partial charge is 0.287 e. The average Bonchev–Trinajstić information content (AvgIpc) is 2.60. The molecule has 3 heteroatoms. The van der Waals surface area contributed by atoms with Gasteiger partial charge in [-0.05, 0) is 13.8 Å². The lowest BCUT2D eigenvalue weighted by molar-refractivity contribution is 0.103. The fourth-order valence-electron chi connectivity index (χ4n) is 1.43. The van der Waals surface area contributed by atoms with Crippen molar-refractivity contribution in [2.75, 3.05) is 0 Å². The van der Waals surface area contributed by atoms with Gasteiger partial charge in [-0.25, -0.2) is 0 Å². The van der Waals surface area contributed by atoms with E-state index in [-0.39, 0.29) is 5.78 Å². The minimum Gasteiger partial charge on any atom is -0.287 e. The number of carbonyl (C=O) groups is 1. The quantitative estimate of drug-likeness (QED) is 0.756. The zero-order valence-corrected chi connectivity index (χ0v) is 8.74. The van der Waals surface area contributed by atoms with E-state index in [9.17, 15) is 4.79 Å². The summed E-state index contributed by atoms with van der Waals surface area (Å²) in [6.45, 7) is 3.80. The fourth-order valence-corrected chi connectivity index (χ4v) is 1.43. The number of benzene rings is 1. The Labute approximate surface area is 88.1 Å². The number of aromatic amines is 1. The summed E-state index contributed by atoms with van der Waals surface area (Å²) >= 11 is 0. The fraction of sp³-hybridized carbons (Fsp3) is 0.167. The molecule has 1 aromatic carbocycles. The molecule has 0 aliphatic rings. The van der Waals surface area contributed by atoms with E-state index in [0.29, 0.717) is 11.3 Å². The third kappa shape index (κ3) is 1.68. The molecule has 0 fully saturated rings. The van der Waals surface area contributed by atoms with Crippen molar-refractivity contribution >= 4 is 5.78 Å². The Hall–Kier alpha value is -1.90. The van der Waals surface area contributed by atoms with Crippen LogP contribution < -0.4 is 0 Å². The maximum Gasteiger partial charge on any atom is 0.213 e. The number of carbonyl (C=O) groups excluding carboxylic acids is 1. The standard InChI is InChI=1S/C12H12N2O/c1-8-9(2)13-14-11(8)12(15)10-6-4-3-5-7-10/h3-7H,1-2H3,(H,13,14). The summed E-state index contributed by atoms with van der Waals surface area (Å²) in [5, 5.41) is 6.83. The SMILES string of the molecule is Cc1[nH]nc(C(=O)c2ccccc2)c1C. The Morgan fingerprint density at radius 2 is 1.87 bits per heavy atom. The molecule has 1 aromatic heterocycles. The highest BCUT2D eigenvalue weighted by Crippen LogP contribution is 2.13. The highest BCUT2D eigenvalue weighted by Gasteiger charge is 2.15. The molecular formula is C12H12N2O. The van der Waals surface area contributed by atoms with Gasteiger partial charge in [0.05, 0.1) is 0 Å². The van der Waals surface area contributed by atoms with Crippen molar-refractivity contribution < 1.29 is 4.79 Å². The summed E-state index contributed by atoms with van der Waals surface area (Å²) in [7, 11) is 0. The first-order valence-electron chi connectivity index (χ1n) is 4.81. The topological polar surface area (TPSA) is 45.8 Å². The van der Waals surface area contributed by atoms with Crippen molar-refractivity contribution in [1.29, 1.82) is 0 Å². The molecule has 1 N–H and O–H groups in total. The van der Waals surface area contributed by atoms with Gasteiger partial charge >= 0.3 is 0 Å². The number of aromatic nitrogens is 2. The van der Waals surface area contributed by atoms with Gasteiger partial charge in [-0.2, -0.15) is 5.10 Å². The van der Waals surface area contributed by atoms with E-state index in [0.717, 1.165) is 11.3 Å². The Morgan fingerprint density at radius 1 is 1.20 bits per heavy atom. The van der Waals surface area contributed by atoms with Crippen LogP contribution >= 0.6 is 0 Å². The van der Waals surface area contributed by atoms with Crippen LogP contribution in [0.15, 0.2) is 30.3 Å². The number of nitrogens with one attached hydrogen (secondary N) is 1. The Bertz CT molecular complexity index is 486. The number of aryl methyl sites for hydroxylation is 1. The maximum absolute atomic E-state index is 12.0. The third-order valence-electron chi connectivity index (χ3n) is 2.50. The van der Waals surface area contributed by atoms with Crippen LogP contribution in [0.1, 0.15) is 27.3 Å². The maximum atomic E-state index is 12.0. The zero-order chi connectivity index (χ0) is 10.8. The second-order valence-corrected chi connectivity index (χ2v) is 3.52. The minimum absolute atomic E-state index is 0.0301. The highest BCUT2D eigenvalue weighted by atomic mass is 16.1. The van der Waals surface area contributed by atoms with E-state index in [2.05, 4.69) is 10.2 Å². The van der Waals surface area contributed by atoms with Crippen LogP contribution in [0.3, 0.4) is 0 Å². The first-order valence-corrected chi connectivity index (χ1v) is 4.81. The van der Waals surface area contributed by atoms with Crippen LogP contribution in [0, 0.1) is 13.8 Å². The molecule has 0 unspecified atom stereocenters. The second kappa shape index (κ2) is 3.69. The van der Waals surface area contributed by atoms with E-state index in [1.54, 1.807) is 12.1 Å². The summed E-state index contributed by atoms with van der Waals surface area (Å²) in [6, 6.07) is 9.18. The van der Waals surface area contributed by atoms with Gasteiger partial charge in [0.25, 0.3) is 0 Å². The normalized spacial score (nSPS) is 10.3. The van der Waals surface area contributed by atoms with Crippen molar-refractivity contribution in [3.63, 3.8) is 0 Å². The number of H-pyrrole nitrogens is 1. The predicted octanol–water partition coefficient (Wildman–Crippen LogP) is 2.26. The van der Waals surface area contributed by atoms with E-state index in [1.807, 2.05) is 32.0 Å². The average molecular weight is 200 g/mol. The molecule has 0 aliphatic carbocycles. The first kappa shape index (κ1) is 9.65. The van der Waals surface area contributed by atoms with Crippen LogP contribution in [0.2, 0.25) is 0 Å². The molecule has 76 valence electrons. The molecule has 0 atom stereocenters. The van der Waals surface area contributed by atoms with Crippen LogP contribution in [-0.4, -0.2) is 16.0 Å². The summed E-state index contributed by atoms with van der Waals surface area (Å²) in [6.07, 6.45) is 0. The van der Waals surface area contributed by atoms with E-state index in [4.69, 9.17) is 0 Å². The smallest absolute Gasteiger partial charge is 0.213 e. The molecule has 0 radical (unpaired) electrons. The minimum atomic E-state index is -0.0301. The van der Waals surface area contributed by atoms with Crippen molar-refractivity contribution in [3.8, 4) is 0 Å². The number of hydrogen-bond donors (Lipinski definition) is 1. The lowest BCUT2D eigenvalue weighted by Gasteiger charge is -1.97. The number of ketones is 1. The molecule has 0 amide bonds. The van der Waals surface area contributed by atoms with Gasteiger partial charge < -0.3 is 0 Å². The number of rotatable bonds is 2. The number of nitrogens with zero attached hydrogens (tertiary/aromatic N) is 1. The van der Waals surface area contributed by atoms with Crippen molar-refractivity contribution in [2.45, 2.75) is 13.8 Å². The molecule has 0 saturated carbocycles. The number of hydrogen-bond acceptors (Lipinski definition) is 2. The van der Waals surface area contributed by atoms with Crippen molar-refractivity contribution in [1.82, 2.24) is 10.2 Å². The second-order valence-electron chi connectivity index (χ2n) is 3.52. The Balaban J connectivity index is 2.42. The molecule has 0 saturated heterocycles. The highest BCUT2D eigenvalue weighted by molar-refractivity contribution is 6.08. The summed E-state index contributed by atoms with van der Waals surface area (Å²) in [4.78, 5) is 12.0. The Morgan fingerprint density at radius 3 is 2.40 bits per heavy atom.